The predicted octanol–water partition coefficient (Wildman–Crippen LogP) is 5.57. The Morgan fingerprint density at radius 3 is 2.00 bits per heavy atom. The summed E-state index contributed by atoms with van der Waals surface area (Å²) >= 11 is 0. The van der Waals surface area contributed by atoms with Crippen LogP contribution in [0, 0.1) is 16.7 Å². The van der Waals surface area contributed by atoms with Crippen LogP contribution in [0.5, 0.6) is 0 Å². The Morgan fingerprint density at radius 1 is 1.00 bits per heavy atom. The van der Waals surface area contributed by atoms with E-state index in [2.05, 4.69) is 78.0 Å². The monoisotopic (exact) mass is 331 g/mol. The van der Waals surface area contributed by atoms with Crippen LogP contribution in [0.4, 0.5) is 0 Å². The Bertz CT molecular complexity index is 520. The van der Waals surface area contributed by atoms with Crippen molar-refractivity contribution in [2.75, 3.05) is 6.54 Å². The molecule has 0 radical (unpaired) electrons. The highest BCUT2D eigenvalue weighted by Gasteiger charge is 2.26. The molecule has 24 heavy (non-hydrogen) atoms. The zero-order valence-corrected chi connectivity index (χ0v) is 17.0. The number of carbonyl (C=O) groups is 1. The number of hydrogen-bond acceptors (Lipinski definition) is 1. The molecule has 0 heterocycles. The lowest BCUT2D eigenvalue weighted by Crippen LogP contribution is -2.38. The van der Waals surface area contributed by atoms with Crippen LogP contribution in [0.3, 0.4) is 0 Å². The first-order chi connectivity index (χ1) is 10.9. The van der Waals surface area contributed by atoms with Crippen molar-refractivity contribution in [1.82, 2.24) is 5.32 Å². The van der Waals surface area contributed by atoms with E-state index in [0.29, 0.717) is 5.92 Å². The van der Waals surface area contributed by atoms with Gasteiger partial charge < -0.3 is 5.32 Å². The van der Waals surface area contributed by atoms with Crippen molar-refractivity contribution in [3.8, 4) is 0 Å². The normalized spacial score (nSPS) is 13.9. The Labute approximate surface area is 149 Å². The highest BCUT2D eigenvalue weighted by molar-refractivity contribution is 5.83. The maximum atomic E-state index is 12.5. The van der Waals surface area contributed by atoms with Crippen LogP contribution >= 0.6 is 0 Å². The van der Waals surface area contributed by atoms with E-state index in [4.69, 9.17) is 0 Å². The van der Waals surface area contributed by atoms with Gasteiger partial charge in [-0.15, -0.1) is 0 Å². The molecular weight excluding hydrogens is 294 g/mol. The Kier molecular flexibility index (Phi) is 7.07. The van der Waals surface area contributed by atoms with E-state index in [-0.39, 0.29) is 22.7 Å². The zero-order chi connectivity index (χ0) is 18.5. The lowest BCUT2D eigenvalue weighted by atomic mass is 9.76. The first-order valence-electron chi connectivity index (χ1n) is 9.26. The topological polar surface area (TPSA) is 29.1 Å². The van der Waals surface area contributed by atoms with Crippen molar-refractivity contribution in [2.45, 2.75) is 74.1 Å². The van der Waals surface area contributed by atoms with Crippen LogP contribution in [0.2, 0.25) is 0 Å². The average Bonchev–Trinajstić information content (AvgIpc) is 2.41. The Hall–Kier alpha value is -1.31. The van der Waals surface area contributed by atoms with Crippen LogP contribution in [-0.4, -0.2) is 12.5 Å². The van der Waals surface area contributed by atoms with Gasteiger partial charge in [0.15, 0.2) is 0 Å². The summed E-state index contributed by atoms with van der Waals surface area (Å²) in [4.78, 5) is 12.5. The van der Waals surface area contributed by atoms with Crippen molar-refractivity contribution in [1.29, 1.82) is 0 Å². The molecule has 0 aromatic heterocycles. The van der Waals surface area contributed by atoms with Gasteiger partial charge in [0, 0.05) is 6.54 Å². The van der Waals surface area contributed by atoms with Gasteiger partial charge >= 0.3 is 0 Å². The number of benzene rings is 1. The molecule has 136 valence electrons. The van der Waals surface area contributed by atoms with Gasteiger partial charge in [-0.25, -0.2) is 0 Å². The number of carbonyl (C=O) groups excluding carboxylic acids is 1. The van der Waals surface area contributed by atoms with Crippen LogP contribution in [-0.2, 0) is 11.2 Å². The third-order valence-corrected chi connectivity index (χ3v) is 4.27. The molecule has 0 fully saturated rings. The van der Waals surface area contributed by atoms with Gasteiger partial charge in [-0.3, -0.25) is 4.79 Å². The molecule has 2 nitrogen and oxygen atoms in total. The lowest BCUT2D eigenvalue weighted by Gasteiger charge is -2.33. The van der Waals surface area contributed by atoms with Gasteiger partial charge in [0.1, 0.15) is 0 Å². The fourth-order valence-corrected chi connectivity index (χ4v) is 3.54. The molecule has 0 bridgehead atoms. The van der Waals surface area contributed by atoms with Gasteiger partial charge in [-0.1, -0.05) is 72.7 Å². The molecule has 1 rings (SSSR count). The maximum Gasteiger partial charge on any atom is 0.227 e. The van der Waals surface area contributed by atoms with E-state index >= 15 is 0 Å². The largest absolute Gasteiger partial charge is 0.355 e. The molecule has 0 aliphatic carbocycles. The molecule has 0 aliphatic rings. The second-order valence-corrected chi connectivity index (χ2v) is 9.68. The van der Waals surface area contributed by atoms with Crippen molar-refractivity contribution >= 4 is 5.91 Å². The van der Waals surface area contributed by atoms with Gasteiger partial charge in [-0.2, -0.15) is 0 Å². The van der Waals surface area contributed by atoms with Crippen molar-refractivity contribution in [2.24, 2.45) is 16.7 Å². The van der Waals surface area contributed by atoms with E-state index in [9.17, 15) is 4.79 Å². The summed E-state index contributed by atoms with van der Waals surface area (Å²) in [7, 11) is 0. The molecule has 0 spiro atoms. The molecule has 1 N–H and O–H groups in total. The highest BCUT2D eigenvalue weighted by atomic mass is 16.1. The van der Waals surface area contributed by atoms with E-state index in [1.807, 2.05) is 6.92 Å². The fraction of sp³-hybridized carbons (Fsp3) is 0.682. The molecule has 1 amide bonds. The summed E-state index contributed by atoms with van der Waals surface area (Å²) in [5.74, 6) is 0.666. The molecule has 1 atom stereocenters. The molecule has 1 unspecified atom stereocenters. The second kappa shape index (κ2) is 8.18. The third-order valence-electron chi connectivity index (χ3n) is 4.27. The summed E-state index contributed by atoms with van der Waals surface area (Å²) in [5, 5.41) is 3.15. The van der Waals surface area contributed by atoms with Crippen molar-refractivity contribution < 1.29 is 4.79 Å². The van der Waals surface area contributed by atoms with E-state index in [1.165, 1.54) is 5.56 Å². The third kappa shape index (κ3) is 7.51. The number of rotatable bonds is 7. The van der Waals surface area contributed by atoms with Gasteiger partial charge in [0.05, 0.1) is 5.92 Å². The summed E-state index contributed by atoms with van der Waals surface area (Å²) < 4.78 is 0. The molecule has 0 saturated carbocycles. The molecular formula is C22H37NO. The SMILES string of the molecule is CC(C)Cc1ccc(C(C)C(=O)NCC(C)(C)CC(C)(C)C)cc1. The predicted molar refractivity (Wildman–Crippen MR) is 104 cm³/mol. The minimum absolute atomic E-state index is 0.106. The maximum absolute atomic E-state index is 12.5. The van der Waals surface area contributed by atoms with Crippen molar-refractivity contribution in [3.63, 3.8) is 0 Å². The summed E-state index contributed by atoms with van der Waals surface area (Å²) in [6, 6.07) is 8.51. The minimum atomic E-state index is -0.108. The summed E-state index contributed by atoms with van der Waals surface area (Å²) in [6.07, 6.45) is 2.17. The number of hydrogen-bond donors (Lipinski definition) is 1. The molecule has 1 aromatic carbocycles. The van der Waals surface area contributed by atoms with Gasteiger partial charge in [0.2, 0.25) is 5.91 Å². The van der Waals surface area contributed by atoms with Crippen LogP contribution < -0.4 is 5.32 Å². The highest BCUT2D eigenvalue weighted by Crippen LogP contribution is 2.32. The summed E-state index contributed by atoms with van der Waals surface area (Å²) in [6.45, 7) is 18.4. The molecule has 1 aromatic rings. The van der Waals surface area contributed by atoms with Gasteiger partial charge in [-0.05, 0) is 47.6 Å². The first-order valence-corrected chi connectivity index (χ1v) is 9.26. The minimum Gasteiger partial charge on any atom is -0.355 e. The molecule has 0 aliphatic heterocycles. The summed E-state index contributed by atoms with van der Waals surface area (Å²) in [5.41, 5.74) is 2.81. The Balaban J connectivity index is 2.61. The average molecular weight is 332 g/mol. The smallest absolute Gasteiger partial charge is 0.227 e. The van der Waals surface area contributed by atoms with Crippen LogP contribution in [0.25, 0.3) is 0 Å². The van der Waals surface area contributed by atoms with Crippen LogP contribution in [0.15, 0.2) is 24.3 Å². The number of amides is 1. The van der Waals surface area contributed by atoms with E-state index in [0.717, 1.165) is 24.9 Å². The zero-order valence-electron chi connectivity index (χ0n) is 17.0. The van der Waals surface area contributed by atoms with Gasteiger partial charge in [0.25, 0.3) is 0 Å². The first kappa shape index (κ1) is 20.7. The quantitative estimate of drug-likeness (QED) is 0.695. The fourth-order valence-electron chi connectivity index (χ4n) is 3.54. The van der Waals surface area contributed by atoms with Crippen molar-refractivity contribution in [3.05, 3.63) is 35.4 Å². The standard InChI is InChI=1S/C22H37NO/c1-16(2)13-18-9-11-19(12-10-18)17(3)20(24)23-15-22(7,8)14-21(4,5)6/h9-12,16-17H,13-15H2,1-8H3,(H,23,24). The van der Waals surface area contributed by atoms with E-state index in [1.54, 1.807) is 0 Å². The Morgan fingerprint density at radius 2 is 1.54 bits per heavy atom. The number of nitrogens with one attached hydrogen (secondary N) is 1. The molecule has 0 saturated heterocycles. The van der Waals surface area contributed by atoms with Crippen LogP contribution in [0.1, 0.15) is 78.9 Å². The second-order valence-electron chi connectivity index (χ2n) is 9.68. The lowest BCUT2D eigenvalue weighted by molar-refractivity contribution is -0.122. The van der Waals surface area contributed by atoms with E-state index < -0.39 is 0 Å². The molecule has 2 heteroatoms.